The quantitative estimate of drug-likeness (QED) is 0.807. The van der Waals surface area contributed by atoms with Crippen LogP contribution in [0.5, 0.6) is 0 Å². The fourth-order valence-corrected chi connectivity index (χ4v) is 3.09. The van der Waals surface area contributed by atoms with Crippen LogP contribution in [0, 0.1) is 0 Å². The highest BCUT2D eigenvalue weighted by molar-refractivity contribution is 9.10. The van der Waals surface area contributed by atoms with Crippen molar-refractivity contribution in [3.05, 3.63) is 33.3 Å². The van der Waals surface area contributed by atoms with E-state index >= 15 is 0 Å². The second-order valence-corrected chi connectivity index (χ2v) is 6.63. The van der Waals surface area contributed by atoms with Gasteiger partial charge in [0, 0.05) is 29.6 Å². The van der Waals surface area contributed by atoms with E-state index in [0.29, 0.717) is 12.6 Å². The van der Waals surface area contributed by atoms with Gasteiger partial charge in [-0.3, -0.25) is 4.90 Å². The summed E-state index contributed by atoms with van der Waals surface area (Å²) < 4.78 is 0.920. The summed E-state index contributed by atoms with van der Waals surface area (Å²) >= 11 is 9.64. The molecule has 0 aliphatic carbocycles. The summed E-state index contributed by atoms with van der Waals surface area (Å²) in [6.07, 6.45) is 0. The van der Waals surface area contributed by atoms with Crippen molar-refractivity contribution >= 4 is 27.5 Å². The lowest BCUT2D eigenvalue weighted by Gasteiger charge is -2.36. The summed E-state index contributed by atoms with van der Waals surface area (Å²) in [5.74, 6) is 0. The summed E-state index contributed by atoms with van der Waals surface area (Å²) in [4.78, 5) is 4.63. The van der Waals surface area contributed by atoms with E-state index in [9.17, 15) is 0 Å². The molecule has 0 amide bonds. The Labute approximate surface area is 136 Å². The number of likely N-dealkylation sites (N-methyl/N-ethyl adjacent to an activating group) is 2. The number of rotatable bonds is 7. The first kappa shape index (κ1) is 17.9. The fourth-order valence-electron chi connectivity index (χ4n) is 2.66. The monoisotopic (exact) mass is 361 g/mol. The van der Waals surface area contributed by atoms with Crippen LogP contribution < -0.4 is 5.73 Å². The summed E-state index contributed by atoms with van der Waals surface area (Å²) in [5, 5.41) is 0.734. The molecule has 0 aromatic heterocycles. The van der Waals surface area contributed by atoms with Crippen LogP contribution in [0.25, 0.3) is 0 Å². The van der Waals surface area contributed by atoms with Gasteiger partial charge in [0.2, 0.25) is 0 Å². The van der Waals surface area contributed by atoms with Crippen molar-refractivity contribution in [2.45, 2.75) is 25.9 Å². The van der Waals surface area contributed by atoms with Crippen molar-refractivity contribution in [2.75, 3.05) is 33.7 Å². The number of benzene rings is 1. The van der Waals surface area contributed by atoms with Crippen LogP contribution in [0.3, 0.4) is 0 Å². The SMILES string of the molecule is CCN(C(C)CN(C)C)C(CN)c1ccc(Br)c(Cl)c1. The molecular weight excluding hydrogens is 338 g/mol. The minimum atomic E-state index is 0.195. The molecule has 0 aliphatic heterocycles. The molecule has 1 aromatic carbocycles. The van der Waals surface area contributed by atoms with Crippen molar-refractivity contribution < 1.29 is 0 Å². The molecule has 20 heavy (non-hydrogen) atoms. The molecule has 0 saturated heterocycles. The van der Waals surface area contributed by atoms with E-state index < -0.39 is 0 Å². The highest BCUT2D eigenvalue weighted by Crippen LogP contribution is 2.29. The second-order valence-electron chi connectivity index (χ2n) is 5.37. The third-order valence-corrected chi connectivity index (χ3v) is 4.75. The standard InChI is InChI=1S/C15H25BrClN3/c1-5-20(11(2)10-19(3)4)15(9-18)12-6-7-13(16)14(17)8-12/h6-8,11,15H,5,9-10,18H2,1-4H3. The highest BCUT2D eigenvalue weighted by atomic mass is 79.9. The number of hydrogen-bond acceptors (Lipinski definition) is 3. The van der Waals surface area contributed by atoms with E-state index in [2.05, 4.69) is 59.7 Å². The summed E-state index contributed by atoms with van der Waals surface area (Å²) in [6.45, 7) is 6.98. The lowest BCUT2D eigenvalue weighted by molar-refractivity contribution is 0.131. The fraction of sp³-hybridized carbons (Fsp3) is 0.600. The van der Waals surface area contributed by atoms with Crippen molar-refractivity contribution in [3.63, 3.8) is 0 Å². The summed E-state index contributed by atoms with van der Waals surface area (Å²) in [7, 11) is 4.19. The first-order valence-electron chi connectivity index (χ1n) is 6.96. The molecule has 1 aromatic rings. The topological polar surface area (TPSA) is 32.5 Å². The van der Waals surface area contributed by atoms with Crippen molar-refractivity contribution in [2.24, 2.45) is 5.73 Å². The van der Waals surface area contributed by atoms with Crippen molar-refractivity contribution in [1.82, 2.24) is 9.80 Å². The molecular formula is C15H25BrClN3. The molecule has 0 radical (unpaired) electrons. The van der Waals surface area contributed by atoms with Crippen molar-refractivity contribution in [3.8, 4) is 0 Å². The smallest absolute Gasteiger partial charge is 0.0551 e. The van der Waals surface area contributed by atoms with Gasteiger partial charge >= 0.3 is 0 Å². The molecule has 2 atom stereocenters. The van der Waals surface area contributed by atoms with Crippen LogP contribution in [-0.4, -0.2) is 49.6 Å². The van der Waals surface area contributed by atoms with Gasteiger partial charge in [-0.2, -0.15) is 0 Å². The molecule has 5 heteroatoms. The first-order valence-corrected chi connectivity index (χ1v) is 8.13. The van der Waals surface area contributed by atoms with E-state index in [-0.39, 0.29) is 6.04 Å². The Morgan fingerprint density at radius 2 is 2.00 bits per heavy atom. The third kappa shape index (κ3) is 4.71. The molecule has 0 aliphatic rings. The lowest BCUT2D eigenvalue weighted by atomic mass is 10.0. The Kier molecular flexibility index (Phi) is 7.48. The van der Waals surface area contributed by atoms with E-state index in [1.165, 1.54) is 5.56 Å². The van der Waals surface area contributed by atoms with Crippen LogP contribution in [-0.2, 0) is 0 Å². The lowest BCUT2D eigenvalue weighted by Crippen LogP contribution is -2.44. The van der Waals surface area contributed by atoms with Gasteiger partial charge in [-0.15, -0.1) is 0 Å². The predicted molar refractivity (Wildman–Crippen MR) is 91.3 cm³/mol. The van der Waals surface area contributed by atoms with Gasteiger partial charge in [0.15, 0.2) is 0 Å². The largest absolute Gasteiger partial charge is 0.329 e. The molecule has 0 saturated carbocycles. The van der Waals surface area contributed by atoms with Gasteiger partial charge in [-0.25, -0.2) is 0 Å². The molecule has 0 heterocycles. The number of nitrogens with two attached hydrogens (primary N) is 1. The number of nitrogens with zero attached hydrogens (tertiary/aromatic N) is 2. The third-order valence-electron chi connectivity index (χ3n) is 3.51. The van der Waals surface area contributed by atoms with E-state index in [0.717, 1.165) is 22.6 Å². The Balaban J connectivity index is 2.98. The summed E-state index contributed by atoms with van der Waals surface area (Å²) in [5.41, 5.74) is 7.20. The predicted octanol–water partition coefficient (Wildman–Crippen LogP) is 3.37. The zero-order chi connectivity index (χ0) is 15.3. The molecule has 1 rings (SSSR count). The molecule has 2 unspecified atom stereocenters. The minimum Gasteiger partial charge on any atom is -0.329 e. The average Bonchev–Trinajstić information content (AvgIpc) is 2.38. The Bertz CT molecular complexity index is 426. The van der Waals surface area contributed by atoms with Crippen LogP contribution >= 0.6 is 27.5 Å². The molecule has 0 bridgehead atoms. The number of halogens is 2. The van der Waals surface area contributed by atoms with Crippen LogP contribution in [0.2, 0.25) is 5.02 Å². The minimum absolute atomic E-state index is 0.195. The Hall–Kier alpha value is -0.130. The Morgan fingerprint density at radius 3 is 2.45 bits per heavy atom. The maximum absolute atomic E-state index is 6.21. The van der Waals surface area contributed by atoms with Gasteiger partial charge in [0.1, 0.15) is 0 Å². The zero-order valence-electron chi connectivity index (χ0n) is 12.7. The van der Waals surface area contributed by atoms with E-state index in [4.69, 9.17) is 17.3 Å². The zero-order valence-corrected chi connectivity index (χ0v) is 15.1. The van der Waals surface area contributed by atoms with Crippen molar-refractivity contribution in [1.29, 1.82) is 0 Å². The van der Waals surface area contributed by atoms with Gasteiger partial charge in [0.05, 0.1) is 5.02 Å². The maximum atomic E-state index is 6.21. The number of hydrogen-bond donors (Lipinski definition) is 1. The first-order chi connectivity index (χ1) is 9.40. The van der Waals surface area contributed by atoms with Gasteiger partial charge in [-0.05, 0) is 61.2 Å². The van der Waals surface area contributed by atoms with E-state index in [1.807, 2.05) is 12.1 Å². The van der Waals surface area contributed by atoms with Crippen LogP contribution in [0.1, 0.15) is 25.5 Å². The van der Waals surface area contributed by atoms with Gasteiger partial charge in [-0.1, -0.05) is 24.6 Å². The van der Waals surface area contributed by atoms with Gasteiger partial charge in [0.25, 0.3) is 0 Å². The molecule has 3 nitrogen and oxygen atoms in total. The molecule has 0 spiro atoms. The molecule has 114 valence electrons. The summed E-state index contributed by atoms with van der Waals surface area (Å²) in [6, 6.07) is 6.73. The molecule has 2 N–H and O–H groups in total. The van der Waals surface area contributed by atoms with Crippen LogP contribution in [0.15, 0.2) is 22.7 Å². The van der Waals surface area contributed by atoms with E-state index in [1.54, 1.807) is 0 Å². The van der Waals surface area contributed by atoms with Crippen LogP contribution in [0.4, 0.5) is 0 Å². The Morgan fingerprint density at radius 1 is 1.35 bits per heavy atom. The molecule has 0 fully saturated rings. The average molecular weight is 363 g/mol. The normalized spacial score (nSPS) is 14.8. The maximum Gasteiger partial charge on any atom is 0.0551 e. The highest BCUT2D eigenvalue weighted by Gasteiger charge is 2.23. The van der Waals surface area contributed by atoms with Gasteiger partial charge < -0.3 is 10.6 Å². The second kappa shape index (κ2) is 8.35.